The van der Waals surface area contributed by atoms with Gasteiger partial charge in [-0.15, -0.1) is 0 Å². The summed E-state index contributed by atoms with van der Waals surface area (Å²) in [7, 11) is 3.48. The Morgan fingerprint density at radius 2 is 2.05 bits per heavy atom. The van der Waals surface area contributed by atoms with Crippen LogP contribution in [-0.2, 0) is 0 Å². The Balaban J connectivity index is 2.58. The van der Waals surface area contributed by atoms with Crippen molar-refractivity contribution >= 4 is 17.5 Å². The van der Waals surface area contributed by atoms with Crippen molar-refractivity contribution in [2.45, 2.75) is 19.8 Å². The molecule has 0 radical (unpaired) electrons. The number of carbonyl (C=O) groups is 1. The summed E-state index contributed by atoms with van der Waals surface area (Å²) in [4.78, 5) is 13.8. The number of benzene rings is 1. The van der Waals surface area contributed by atoms with E-state index in [9.17, 15) is 4.79 Å². The van der Waals surface area contributed by atoms with Crippen LogP contribution in [0.25, 0.3) is 5.69 Å². The quantitative estimate of drug-likeness (QED) is 0.870. The predicted molar refractivity (Wildman–Crippen MR) is 80.7 cm³/mol. The first-order valence-corrected chi connectivity index (χ1v) is 6.85. The average molecular weight is 292 g/mol. The van der Waals surface area contributed by atoms with Crippen molar-refractivity contribution in [1.29, 1.82) is 0 Å². The maximum Gasteiger partial charge on any atom is 0.256 e. The second-order valence-electron chi connectivity index (χ2n) is 5.19. The number of hydrogen-bond acceptors (Lipinski definition) is 2. The molecule has 1 aromatic heterocycles. The van der Waals surface area contributed by atoms with Crippen molar-refractivity contribution in [2.24, 2.45) is 0 Å². The van der Waals surface area contributed by atoms with Crippen LogP contribution in [0.15, 0.2) is 30.5 Å². The van der Waals surface area contributed by atoms with E-state index in [0.717, 1.165) is 11.4 Å². The van der Waals surface area contributed by atoms with Gasteiger partial charge >= 0.3 is 0 Å². The minimum Gasteiger partial charge on any atom is -0.345 e. The predicted octanol–water partition coefficient (Wildman–Crippen LogP) is 3.35. The average Bonchev–Trinajstić information content (AvgIpc) is 2.82. The minimum absolute atomic E-state index is 0.0398. The zero-order chi connectivity index (χ0) is 14.9. The lowest BCUT2D eigenvalue weighted by Gasteiger charge is -2.15. The molecule has 0 aliphatic heterocycles. The maximum atomic E-state index is 12.2. The van der Waals surface area contributed by atoms with Crippen molar-refractivity contribution in [3.8, 4) is 5.69 Å². The summed E-state index contributed by atoms with van der Waals surface area (Å²) in [6.45, 7) is 4.09. The molecule has 1 heterocycles. The van der Waals surface area contributed by atoms with E-state index in [1.165, 1.54) is 0 Å². The molecule has 1 amide bonds. The van der Waals surface area contributed by atoms with Crippen LogP contribution < -0.4 is 0 Å². The zero-order valence-electron chi connectivity index (χ0n) is 12.1. The van der Waals surface area contributed by atoms with Gasteiger partial charge in [0.05, 0.1) is 23.1 Å². The summed E-state index contributed by atoms with van der Waals surface area (Å²) in [5.41, 5.74) is 2.38. The van der Waals surface area contributed by atoms with Crippen LogP contribution in [0.5, 0.6) is 0 Å². The van der Waals surface area contributed by atoms with Crippen LogP contribution in [0, 0.1) is 0 Å². The van der Waals surface area contributed by atoms with Crippen molar-refractivity contribution in [1.82, 2.24) is 14.7 Å². The van der Waals surface area contributed by atoms with Crippen molar-refractivity contribution in [2.75, 3.05) is 14.1 Å². The molecule has 0 bridgehead atoms. The molecule has 0 fully saturated rings. The minimum atomic E-state index is -0.0398. The van der Waals surface area contributed by atoms with Gasteiger partial charge in [-0.25, -0.2) is 4.68 Å². The molecular formula is C15H18ClN3O. The van der Waals surface area contributed by atoms with E-state index in [1.807, 2.05) is 38.1 Å². The lowest BCUT2D eigenvalue weighted by atomic mass is 10.0. The fourth-order valence-electron chi connectivity index (χ4n) is 2.13. The van der Waals surface area contributed by atoms with Crippen LogP contribution in [0.4, 0.5) is 0 Å². The molecule has 20 heavy (non-hydrogen) atoms. The van der Waals surface area contributed by atoms with E-state index >= 15 is 0 Å². The van der Waals surface area contributed by atoms with E-state index in [2.05, 4.69) is 5.10 Å². The van der Waals surface area contributed by atoms with Crippen molar-refractivity contribution < 1.29 is 4.79 Å². The molecule has 0 unspecified atom stereocenters. The molecular weight excluding hydrogens is 274 g/mol. The fraction of sp³-hybridized carbons (Fsp3) is 0.333. The van der Waals surface area contributed by atoms with Gasteiger partial charge in [-0.1, -0.05) is 31.5 Å². The third-order valence-electron chi connectivity index (χ3n) is 3.04. The highest BCUT2D eigenvalue weighted by Crippen LogP contribution is 2.25. The molecule has 2 rings (SSSR count). The highest BCUT2D eigenvalue weighted by Gasteiger charge is 2.21. The van der Waals surface area contributed by atoms with Gasteiger partial charge in [-0.3, -0.25) is 4.79 Å². The summed E-state index contributed by atoms with van der Waals surface area (Å²) in [5, 5.41) is 5.01. The van der Waals surface area contributed by atoms with Gasteiger partial charge in [0.2, 0.25) is 0 Å². The Bertz CT molecular complexity index is 632. The Morgan fingerprint density at radius 3 is 2.60 bits per heavy atom. The van der Waals surface area contributed by atoms with Gasteiger partial charge in [0.25, 0.3) is 5.91 Å². The number of aromatic nitrogens is 2. The number of carbonyl (C=O) groups excluding carboxylic acids is 1. The molecule has 106 valence electrons. The molecule has 0 N–H and O–H groups in total. The SMILES string of the molecule is CC(C)c1c(C(=O)N(C)C)cnn1-c1cccc(Cl)c1. The molecule has 0 atom stereocenters. The normalized spacial score (nSPS) is 10.9. The Morgan fingerprint density at radius 1 is 1.35 bits per heavy atom. The molecule has 0 saturated heterocycles. The Hall–Kier alpha value is -1.81. The number of hydrogen-bond donors (Lipinski definition) is 0. The summed E-state index contributed by atoms with van der Waals surface area (Å²) >= 11 is 6.03. The fourth-order valence-corrected chi connectivity index (χ4v) is 2.32. The number of rotatable bonds is 3. The first-order valence-electron chi connectivity index (χ1n) is 6.47. The van der Waals surface area contributed by atoms with Crippen molar-refractivity contribution in [3.05, 3.63) is 46.7 Å². The third kappa shape index (κ3) is 2.70. The third-order valence-corrected chi connectivity index (χ3v) is 3.28. The van der Waals surface area contributed by atoms with Gasteiger partial charge in [0.1, 0.15) is 0 Å². The second-order valence-corrected chi connectivity index (χ2v) is 5.63. The molecule has 0 aliphatic carbocycles. The highest BCUT2D eigenvalue weighted by molar-refractivity contribution is 6.30. The summed E-state index contributed by atoms with van der Waals surface area (Å²) < 4.78 is 1.78. The van der Waals surface area contributed by atoms with Gasteiger partial charge in [-0.05, 0) is 24.1 Å². The van der Waals surface area contributed by atoms with Crippen LogP contribution in [0.1, 0.15) is 35.8 Å². The molecule has 5 heteroatoms. The van der Waals surface area contributed by atoms with Crippen LogP contribution in [0.3, 0.4) is 0 Å². The maximum absolute atomic E-state index is 12.2. The lowest BCUT2D eigenvalue weighted by Crippen LogP contribution is -2.23. The summed E-state index contributed by atoms with van der Waals surface area (Å²) in [6, 6.07) is 7.45. The first kappa shape index (κ1) is 14.6. The molecule has 4 nitrogen and oxygen atoms in total. The van der Waals surface area contributed by atoms with E-state index in [0.29, 0.717) is 10.6 Å². The Labute approximate surface area is 124 Å². The van der Waals surface area contributed by atoms with Crippen LogP contribution in [0.2, 0.25) is 5.02 Å². The second kappa shape index (κ2) is 5.67. The monoisotopic (exact) mass is 291 g/mol. The van der Waals surface area contributed by atoms with E-state index in [4.69, 9.17) is 11.6 Å². The van der Waals surface area contributed by atoms with Crippen LogP contribution in [-0.4, -0.2) is 34.7 Å². The van der Waals surface area contributed by atoms with E-state index in [-0.39, 0.29) is 11.8 Å². The molecule has 0 aliphatic rings. The van der Waals surface area contributed by atoms with Gasteiger partial charge in [0, 0.05) is 19.1 Å². The molecule has 0 spiro atoms. The van der Waals surface area contributed by atoms with Gasteiger partial charge < -0.3 is 4.90 Å². The largest absolute Gasteiger partial charge is 0.345 e. The Kier molecular flexibility index (Phi) is 4.14. The van der Waals surface area contributed by atoms with E-state index in [1.54, 1.807) is 29.9 Å². The smallest absolute Gasteiger partial charge is 0.256 e. The number of halogens is 1. The van der Waals surface area contributed by atoms with Crippen molar-refractivity contribution in [3.63, 3.8) is 0 Å². The number of nitrogens with zero attached hydrogens (tertiary/aromatic N) is 3. The molecule has 1 aromatic carbocycles. The lowest BCUT2D eigenvalue weighted by molar-refractivity contribution is 0.0826. The first-order chi connectivity index (χ1) is 9.41. The number of amides is 1. The van der Waals surface area contributed by atoms with Gasteiger partial charge in [-0.2, -0.15) is 5.10 Å². The molecule has 0 saturated carbocycles. The standard InChI is InChI=1S/C15H18ClN3O/c1-10(2)14-13(15(20)18(3)4)9-17-19(14)12-7-5-6-11(16)8-12/h5-10H,1-4H3. The summed E-state index contributed by atoms with van der Waals surface area (Å²) in [6.07, 6.45) is 1.62. The van der Waals surface area contributed by atoms with E-state index < -0.39 is 0 Å². The molecule has 2 aromatic rings. The topological polar surface area (TPSA) is 38.1 Å². The van der Waals surface area contributed by atoms with Gasteiger partial charge in [0.15, 0.2) is 0 Å². The highest BCUT2D eigenvalue weighted by atomic mass is 35.5. The summed E-state index contributed by atoms with van der Waals surface area (Å²) in [5.74, 6) is 0.136. The van der Waals surface area contributed by atoms with Crippen LogP contribution >= 0.6 is 11.6 Å². The zero-order valence-corrected chi connectivity index (χ0v) is 12.8.